The highest BCUT2D eigenvalue weighted by molar-refractivity contribution is 6.30. The molecule has 2 unspecified atom stereocenters. The first-order valence-electron chi connectivity index (χ1n) is 7.14. The second-order valence-electron chi connectivity index (χ2n) is 5.68. The quantitative estimate of drug-likeness (QED) is 0.869. The third-order valence-electron chi connectivity index (χ3n) is 4.25. The second-order valence-corrected chi connectivity index (χ2v) is 6.12. The third kappa shape index (κ3) is 2.67. The summed E-state index contributed by atoms with van der Waals surface area (Å²) >= 11 is 6.01. The van der Waals surface area contributed by atoms with E-state index >= 15 is 0 Å². The predicted molar refractivity (Wildman–Crippen MR) is 83.3 cm³/mol. The van der Waals surface area contributed by atoms with Crippen molar-refractivity contribution in [1.29, 1.82) is 0 Å². The van der Waals surface area contributed by atoms with E-state index in [9.17, 15) is 4.79 Å². The zero-order chi connectivity index (χ0) is 15.7. The first-order chi connectivity index (χ1) is 10.5. The van der Waals surface area contributed by atoms with Crippen LogP contribution in [-0.4, -0.2) is 33.5 Å². The minimum Gasteiger partial charge on any atom is -0.335 e. The Balaban J connectivity index is 2.02. The van der Waals surface area contributed by atoms with Crippen LogP contribution in [0.2, 0.25) is 5.02 Å². The van der Waals surface area contributed by atoms with Crippen molar-refractivity contribution < 1.29 is 9.63 Å². The highest BCUT2D eigenvalue weighted by Crippen LogP contribution is 2.41. The van der Waals surface area contributed by atoms with Crippen molar-refractivity contribution in [1.82, 2.24) is 14.6 Å². The Labute approximate surface area is 134 Å². The highest BCUT2D eigenvalue weighted by Gasteiger charge is 2.48. The molecule has 0 bridgehead atoms. The van der Waals surface area contributed by atoms with Gasteiger partial charge in [-0.15, -0.1) is 0 Å². The van der Waals surface area contributed by atoms with E-state index < -0.39 is 11.6 Å². The van der Waals surface area contributed by atoms with Gasteiger partial charge in [-0.1, -0.05) is 23.7 Å². The largest absolute Gasteiger partial charge is 0.335 e. The van der Waals surface area contributed by atoms with Crippen molar-refractivity contribution in [3.8, 4) is 0 Å². The molecule has 3 rings (SSSR count). The molecule has 116 valence electrons. The number of likely N-dealkylation sites (N-methyl/N-ethyl adjacent to an activating group) is 1. The van der Waals surface area contributed by atoms with Crippen LogP contribution in [0.4, 0.5) is 0 Å². The van der Waals surface area contributed by atoms with Crippen LogP contribution in [0.3, 0.4) is 0 Å². The molecule has 1 fully saturated rings. The molecule has 22 heavy (non-hydrogen) atoms. The third-order valence-corrected chi connectivity index (χ3v) is 4.50. The maximum absolute atomic E-state index is 11.8. The molecular weight excluding hydrogens is 302 g/mol. The van der Waals surface area contributed by atoms with Crippen molar-refractivity contribution >= 4 is 17.4 Å². The number of ketones is 1. The lowest BCUT2D eigenvalue weighted by Crippen LogP contribution is -2.41. The Bertz CT molecular complexity index is 657. The monoisotopic (exact) mass is 319 g/mol. The fourth-order valence-corrected chi connectivity index (χ4v) is 3.11. The van der Waals surface area contributed by atoms with Gasteiger partial charge in [-0.25, -0.2) is 4.98 Å². The summed E-state index contributed by atoms with van der Waals surface area (Å²) in [7, 11) is 1.87. The lowest BCUT2D eigenvalue weighted by atomic mass is 9.84. The van der Waals surface area contributed by atoms with Crippen LogP contribution in [0.1, 0.15) is 18.9 Å². The number of carbonyl (C=O) groups excluding carboxylic acids is 1. The molecule has 1 aromatic carbocycles. The normalized spacial score (nSPS) is 25.5. The number of hydrogen-bond donors (Lipinski definition) is 0. The summed E-state index contributed by atoms with van der Waals surface area (Å²) < 4.78 is 2.00. The molecule has 0 saturated carbocycles. The molecule has 2 heterocycles. The number of hydroxylamine groups is 2. The van der Waals surface area contributed by atoms with E-state index in [0.717, 1.165) is 5.56 Å². The smallest absolute Gasteiger partial charge is 0.160 e. The molecule has 0 N–H and O–H groups in total. The van der Waals surface area contributed by atoms with Gasteiger partial charge in [0.15, 0.2) is 5.78 Å². The van der Waals surface area contributed by atoms with Crippen LogP contribution in [0.5, 0.6) is 0 Å². The van der Waals surface area contributed by atoms with Crippen molar-refractivity contribution in [2.24, 2.45) is 0 Å². The van der Waals surface area contributed by atoms with Crippen molar-refractivity contribution in [3.63, 3.8) is 0 Å². The van der Waals surface area contributed by atoms with Crippen molar-refractivity contribution in [2.75, 3.05) is 7.05 Å². The molecule has 6 heteroatoms. The highest BCUT2D eigenvalue weighted by atomic mass is 35.5. The number of nitrogens with zero attached hydrogens (tertiary/aromatic N) is 3. The van der Waals surface area contributed by atoms with E-state index in [0.29, 0.717) is 18.0 Å². The zero-order valence-corrected chi connectivity index (χ0v) is 13.3. The van der Waals surface area contributed by atoms with Gasteiger partial charge in [0.05, 0.1) is 11.9 Å². The summed E-state index contributed by atoms with van der Waals surface area (Å²) in [6, 6.07) is 7.70. The average Bonchev–Trinajstić information content (AvgIpc) is 3.09. The summed E-state index contributed by atoms with van der Waals surface area (Å²) in [6.07, 6.45) is 5.59. The van der Waals surface area contributed by atoms with Gasteiger partial charge in [0.1, 0.15) is 6.10 Å². The molecule has 2 aromatic rings. The van der Waals surface area contributed by atoms with Crippen LogP contribution >= 0.6 is 11.6 Å². The molecule has 0 radical (unpaired) electrons. The van der Waals surface area contributed by atoms with Gasteiger partial charge in [0, 0.05) is 37.4 Å². The van der Waals surface area contributed by atoms with Crippen molar-refractivity contribution in [2.45, 2.75) is 31.5 Å². The average molecular weight is 320 g/mol. The molecule has 0 aliphatic carbocycles. The first-order valence-corrected chi connectivity index (χ1v) is 7.52. The molecule has 5 nitrogen and oxygen atoms in total. The van der Waals surface area contributed by atoms with E-state index in [1.807, 2.05) is 42.1 Å². The van der Waals surface area contributed by atoms with Crippen LogP contribution in [-0.2, 0) is 21.7 Å². The molecular formula is C16H18ClN3O2. The van der Waals surface area contributed by atoms with Gasteiger partial charge < -0.3 is 4.57 Å². The second kappa shape index (κ2) is 5.83. The van der Waals surface area contributed by atoms with Gasteiger partial charge in [-0.3, -0.25) is 9.63 Å². The summed E-state index contributed by atoms with van der Waals surface area (Å²) in [5, 5.41) is 2.48. The predicted octanol–water partition coefficient (Wildman–Crippen LogP) is 2.66. The van der Waals surface area contributed by atoms with Gasteiger partial charge in [0.25, 0.3) is 0 Å². The SMILES string of the molecule is CC(=O)C1CC(Cn2ccnc2)(c2ccc(Cl)cc2)N(C)O1. The van der Waals surface area contributed by atoms with E-state index in [1.54, 1.807) is 24.5 Å². The summed E-state index contributed by atoms with van der Waals surface area (Å²) in [5.74, 6) is 0.0355. The topological polar surface area (TPSA) is 47.4 Å². The number of Topliss-reactive ketones (excluding diaryl/α,β-unsaturated/α-hetero) is 1. The van der Waals surface area contributed by atoms with Gasteiger partial charge in [-0.05, 0) is 24.6 Å². The van der Waals surface area contributed by atoms with Crippen molar-refractivity contribution in [3.05, 3.63) is 53.6 Å². The van der Waals surface area contributed by atoms with E-state index in [1.165, 1.54) is 0 Å². The molecule has 0 amide bonds. The number of imidazole rings is 1. The maximum Gasteiger partial charge on any atom is 0.160 e. The Morgan fingerprint density at radius 3 is 2.73 bits per heavy atom. The van der Waals surface area contributed by atoms with Gasteiger partial charge in [-0.2, -0.15) is 5.06 Å². The number of benzene rings is 1. The number of rotatable bonds is 4. The molecule has 1 aliphatic rings. The number of hydrogen-bond acceptors (Lipinski definition) is 4. The first kappa shape index (κ1) is 15.2. The summed E-state index contributed by atoms with van der Waals surface area (Å²) in [5.41, 5.74) is 0.638. The molecule has 2 atom stereocenters. The Kier molecular flexibility index (Phi) is 4.04. The Hall–Kier alpha value is -1.69. The zero-order valence-electron chi connectivity index (χ0n) is 12.6. The molecule has 1 aliphatic heterocycles. The number of aromatic nitrogens is 2. The standard InChI is InChI=1S/C16H18ClN3O2/c1-12(21)15-9-16(19(2)22-15,10-20-8-7-18-11-20)13-3-5-14(17)6-4-13/h3-8,11,15H,9-10H2,1-2H3. The maximum atomic E-state index is 11.8. The van der Waals surface area contributed by atoms with E-state index in [4.69, 9.17) is 16.4 Å². The summed E-state index contributed by atoms with van der Waals surface area (Å²) in [6.45, 7) is 2.21. The molecule has 1 saturated heterocycles. The van der Waals surface area contributed by atoms with Crippen LogP contribution in [0.15, 0.2) is 43.0 Å². The lowest BCUT2D eigenvalue weighted by Gasteiger charge is -2.34. The summed E-state index contributed by atoms with van der Waals surface area (Å²) in [4.78, 5) is 21.7. The molecule has 0 spiro atoms. The van der Waals surface area contributed by atoms with Crippen LogP contribution in [0, 0.1) is 0 Å². The fraction of sp³-hybridized carbons (Fsp3) is 0.375. The Morgan fingerprint density at radius 2 is 2.18 bits per heavy atom. The van der Waals surface area contributed by atoms with Crippen LogP contribution < -0.4 is 0 Å². The lowest BCUT2D eigenvalue weighted by molar-refractivity contribution is -0.179. The minimum atomic E-state index is -0.429. The van der Waals surface area contributed by atoms with Gasteiger partial charge in [0.2, 0.25) is 0 Å². The molecule has 1 aromatic heterocycles. The number of carbonyl (C=O) groups is 1. The van der Waals surface area contributed by atoms with E-state index in [2.05, 4.69) is 4.98 Å². The number of halogens is 1. The fourth-order valence-electron chi connectivity index (χ4n) is 2.98. The van der Waals surface area contributed by atoms with Crippen LogP contribution in [0.25, 0.3) is 0 Å². The Morgan fingerprint density at radius 1 is 1.45 bits per heavy atom. The van der Waals surface area contributed by atoms with E-state index in [-0.39, 0.29) is 5.78 Å². The minimum absolute atomic E-state index is 0.0355. The van der Waals surface area contributed by atoms with Gasteiger partial charge >= 0.3 is 0 Å².